The van der Waals surface area contributed by atoms with Crippen molar-refractivity contribution in [2.75, 3.05) is 44.7 Å². The summed E-state index contributed by atoms with van der Waals surface area (Å²) in [6, 6.07) is 14.7. The number of rotatable bonds is 7. The van der Waals surface area contributed by atoms with Crippen LogP contribution >= 0.6 is 24.0 Å². The van der Waals surface area contributed by atoms with Crippen molar-refractivity contribution >= 4 is 41.5 Å². The fourth-order valence-corrected chi connectivity index (χ4v) is 3.73. The number of ether oxygens (including phenoxy) is 1. The number of nitrogens with one attached hydrogen (secondary N) is 2. The van der Waals surface area contributed by atoms with E-state index in [1.807, 2.05) is 36.4 Å². The summed E-state index contributed by atoms with van der Waals surface area (Å²) in [7, 11) is 1.78. The van der Waals surface area contributed by atoms with E-state index in [0.29, 0.717) is 18.3 Å². The van der Waals surface area contributed by atoms with Crippen LogP contribution in [-0.4, -0.2) is 62.6 Å². The molecule has 0 radical (unpaired) electrons. The van der Waals surface area contributed by atoms with E-state index in [1.165, 1.54) is 12.1 Å². The summed E-state index contributed by atoms with van der Waals surface area (Å²) in [5.74, 6) is 1.24. The normalized spacial score (nSPS) is 16.1. The standard InChI is InChI=1S/C24H30FN5O2.HI/c1-26-24(30-13-11-29(12-14-30)21-9-5-19(25)6-10-21)27-16-18-3-2-4-22(15-18)32-17-23(31)28-20-7-8-20;/h2-6,9-10,15,20H,7-8,11-14,16-17H2,1H3,(H,26,27)(H,28,31);1H. The summed E-state index contributed by atoms with van der Waals surface area (Å²) >= 11 is 0. The van der Waals surface area contributed by atoms with E-state index in [9.17, 15) is 9.18 Å². The topological polar surface area (TPSA) is 69.2 Å². The highest BCUT2D eigenvalue weighted by molar-refractivity contribution is 14.0. The first-order chi connectivity index (χ1) is 15.6. The van der Waals surface area contributed by atoms with Gasteiger partial charge in [-0.3, -0.25) is 9.79 Å². The Kier molecular flexibility index (Phi) is 9.16. The SMILES string of the molecule is CN=C(NCc1cccc(OCC(=O)NC2CC2)c1)N1CCN(c2ccc(F)cc2)CC1.I. The molecule has 2 aliphatic rings. The number of piperazine rings is 1. The smallest absolute Gasteiger partial charge is 0.258 e. The molecule has 1 saturated heterocycles. The summed E-state index contributed by atoms with van der Waals surface area (Å²) in [6.45, 7) is 3.99. The number of nitrogens with zero attached hydrogens (tertiary/aromatic N) is 3. The van der Waals surface area contributed by atoms with Crippen LogP contribution in [0.1, 0.15) is 18.4 Å². The van der Waals surface area contributed by atoms with Crippen molar-refractivity contribution in [2.24, 2.45) is 4.99 Å². The minimum Gasteiger partial charge on any atom is -0.484 e. The maximum Gasteiger partial charge on any atom is 0.258 e. The van der Waals surface area contributed by atoms with Crippen molar-refractivity contribution in [2.45, 2.75) is 25.4 Å². The molecule has 7 nitrogen and oxygen atoms in total. The molecule has 2 fully saturated rings. The molecule has 2 N–H and O–H groups in total. The maximum atomic E-state index is 13.2. The van der Waals surface area contributed by atoms with Gasteiger partial charge in [0, 0.05) is 51.5 Å². The first kappa shape index (κ1) is 25.1. The van der Waals surface area contributed by atoms with E-state index in [4.69, 9.17) is 4.74 Å². The highest BCUT2D eigenvalue weighted by atomic mass is 127. The van der Waals surface area contributed by atoms with E-state index in [0.717, 1.165) is 56.2 Å². The lowest BCUT2D eigenvalue weighted by Crippen LogP contribution is -2.52. The minimum atomic E-state index is -0.215. The van der Waals surface area contributed by atoms with Gasteiger partial charge >= 0.3 is 0 Å². The van der Waals surface area contributed by atoms with Gasteiger partial charge in [-0.1, -0.05) is 12.1 Å². The summed E-state index contributed by atoms with van der Waals surface area (Å²) in [4.78, 5) is 20.7. The molecule has 0 atom stereocenters. The van der Waals surface area contributed by atoms with Crippen LogP contribution in [0.2, 0.25) is 0 Å². The van der Waals surface area contributed by atoms with Gasteiger partial charge in [0.15, 0.2) is 12.6 Å². The Morgan fingerprint density at radius 2 is 1.85 bits per heavy atom. The molecule has 1 aliphatic heterocycles. The fraction of sp³-hybridized carbons (Fsp3) is 0.417. The van der Waals surface area contributed by atoms with Crippen molar-refractivity contribution in [3.8, 4) is 5.75 Å². The second-order valence-electron chi connectivity index (χ2n) is 8.13. The quantitative estimate of drug-likeness (QED) is 0.306. The lowest BCUT2D eigenvalue weighted by atomic mass is 10.2. The third kappa shape index (κ3) is 7.48. The number of anilines is 1. The highest BCUT2D eigenvalue weighted by Gasteiger charge is 2.23. The van der Waals surface area contributed by atoms with Gasteiger partial charge in [-0.25, -0.2) is 4.39 Å². The molecular formula is C24H31FIN5O2. The Labute approximate surface area is 211 Å². The lowest BCUT2D eigenvalue weighted by Gasteiger charge is -2.37. The molecule has 0 aromatic heterocycles. The third-order valence-electron chi connectivity index (χ3n) is 5.64. The fourth-order valence-electron chi connectivity index (χ4n) is 3.73. The first-order valence-corrected chi connectivity index (χ1v) is 11.1. The molecule has 4 rings (SSSR count). The molecule has 1 amide bonds. The minimum absolute atomic E-state index is 0. The Morgan fingerprint density at radius 3 is 2.52 bits per heavy atom. The second kappa shape index (κ2) is 12.1. The molecule has 1 saturated carbocycles. The summed E-state index contributed by atoms with van der Waals surface area (Å²) < 4.78 is 18.8. The number of guanidine groups is 1. The van der Waals surface area contributed by atoms with Gasteiger partial charge in [-0.05, 0) is 54.8 Å². The van der Waals surface area contributed by atoms with Gasteiger partial charge in [0.25, 0.3) is 5.91 Å². The molecule has 1 heterocycles. The van der Waals surface area contributed by atoms with E-state index < -0.39 is 0 Å². The molecule has 33 heavy (non-hydrogen) atoms. The van der Waals surface area contributed by atoms with Crippen LogP contribution in [0.25, 0.3) is 0 Å². The molecular weight excluding hydrogens is 536 g/mol. The van der Waals surface area contributed by atoms with Crippen LogP contribution in [0.4, 0.5) is 10.1 Å². The molecule has 0 bridgehead atoms. The Bertz CT molecular complexity index is 944. The van der Waals surface area contributed by atoms with Crippen molar-refractivity contribution in [1.29, 1.82) is 0 Å². The third-order valence-corrected chi connectivity index (χ3v) is 5.64. The van der Waals surface area contributed by atoms with Crippen molar-refractivity contribution in [1.82, 2.24) is 15.5 Å². The zero-order chi connectivity index (χ0) is 22.3. The molecule has 9 heteroatoms. The van der Waals surface area contributed by atoms with Gasteiger partial charge in [0.1, 0.15) is 11.6 Å². The number of benzene rings is 2. The van der Waals surface area contributed by atoms with Crippen molar-refractivity contribution in [3.05, 3.63) is 59.9 Å². The summed E-state index contributed by atoms with van der Waals surface area (Å²) in [5, 5.41) is 6.34. The number of aliphatic imine (C=N–C) groups is 1. The number of halogens is 2. The van der Waals surface area contributed by atoms with Gasteiger partial charge in [-0.2, -0.15) is 0 Å². The first-order valence-electron chi connectivity index (χ1n) is 11.1. The second-order valence-corrected chi connectivity index (χ2v) is 8.13. The zero-order valence-corrected chi connectivity index (χ0v) is 21.1. The van der Waals surface area contributed by atoms with Crippen LogP contribution in [0.5, 0.6) is 5.75 Å². The molecule has 1 aliphatic carbocycles. The monoisotopic (exact) mass is 567 g/mol. The average molecular weight is 567 g/mol. The molecule has 2 aromatic carbocycles. The predicted molar refractivity (Wildman–Crippen MR) is 139 cm³/mol. The van der Waals surface area contributed by atoms with Gasteiger partial charge < -0.3 is 25.2 Å². The number of hydrogen-bond acceptors (Lipinski definition) is 4. The summed E-state index contributed by atoms with van der Waals surface area (Å²) in [5.41, 5.74) is 2.09. The van der Waals surface area contributed by atoms with Gasteiger partial charge in [-0.15, -0.1) is 24.0 Å². The number of amides is 1. The lowest BCUT2D eigenvalue weighted by molar-refractivity contribution is -0.123. The van der Waals surface area contributed by atoms with E-state index in [1.54, 1.807) is 7.05 Å². The van der Waals surface area contributed by atoms with Crippen LogP contribution in [0, 0.1) is 5.82 Å². The Balaban J connectivity index is 0.00000306. The van der Waals surface area contributed by atoms with Crippen LogP contribution in [0.15, 0.2) is 53.5 Å². The highest BCUT2D eigenvalue weighted by Crippen LogP contribution is 2.19. The molecule has 0 unspecified atom stereocenters. The van der Waals surface area contributed by atoms with Gasteiger partial charge in [0.2, 0.25) is 0 Å². The molecule has 0 spiro atoms. The maximum absolute atomic E-state index is 13.2. The zero-order valence-electron chi connectivity index (χ0n) is 18.8. The molecule has 2 aromatic rings. The van der Waals surface area contributed by atoms with E-state index >= 15 is 0 Å². The van der Waals surface area contributed by atoms with Crippen LogP contribution < -0.4 is 20.3 Å². The number of carbonyl (C=O) groups is 1. The largest absolute Gasteiger partial charge is 0.484 e. The predicted octanol–water partition coefficient (Wildman–Crippen LogP) is 3.00. The Morgan fingerprint density at radius 1 is 1.12 bits per heavy atom. The number of carbonyl (C=O) groups excluding carboxylic acids is 1. The van der Waals surface area contributed by atoms with Crippen molar-refractivity contribution < 1.29 is 13.9 Å². The van der Waals surface area contributed by atoms with Crippen LogP contribution in [0.3, 0.4) is 0 Å². The summed E-state index contributed by atoms with van der Waals surface area (Å²) in [6.07, 6.45) is 2.13. The average Bonchev–Trinajstić information content (AvgIpc) is 3.63. The van der Waals surface area contributed by atoms with Crippen molar-refractivity contribution in [3.63, 3.8) is 0 Å². The van der Waals surface area contributed by atoms with Crippen LogP contribution in [-0.2, 0) is 11.3 Å². The Hall–Kier alpha value is -2.56. The van der Waals surface area contributed by atoms with E-state index in [-0.39, 0.29) is 42.3 Å². The van der Waals surface area contributed by atoms with E-state index in [2.05, 4.69) is 25.4 Å². The molecule has 178 valence electrons. The van der Waals surface area contributed by atoms with Gasteiger partial charge in [0.05, 0.1) is 0 Å². The number of hydrogen-bond donors (Lipinski definition) is 2.